The molecule has 20 heavy (non-hydrogen) atoms. The Hall–Kier alpha value is -2.38. The van der Waals surface area contributed by atoms with Crippen LogP contribution in [-0.2, 0) is 9.59 Å². The first-order chi connectivity index (χ1) is 9.69. The molecule has 1 aromatic heterocycles. The molecule has 0 saturated carbocycles. The molecule has 0 radical (unpaired) electrons. The standard InChI is InChI=1S/C12H16N6O2/c1-16-6-9(20)15-11-10(16)12(14-7-13-11)18-4-2-17(8-19)3-5-18/h7-8H,2-6H2,1H3,(H,13,14,15,20). The summed E-state index contributed by atoms with van der Waals surface area (Å²) < 4.78 is 0. The summed E-state index contributed by atoms with van der Waals surface area (Å²) in [5, 5.41) is 2.76. The Morgan fingerprint density at radius 2 is 2.00 bits per heavy atom. The summed E-state index contributed by atoms with van der Waals surface area (Å²) in [6.45, 7) is 3.10. The van der Waals surface area contributed by atoms with Crippen molar-refractivity contribution >= 4 is 29.6 Å². The van der Waals surface area contributed by atoms with E-state index in [1.165, 1.54) is 6.33 Å². The molecule has 1 N–H and O–H groups in total. The second kappa shape index (κ2) is 4.95. The monoisotopic (exact) mass is 276 g/mol. The summed E-state index contributed by atoms with van der Waals surface area (Å²) >= 11 is 0. The molecule has 0 bridgehead atoms. The van der Waals surface area contributed by atoms with Crippen molar-refractivity contribution < 1.29 is 9.59 Å². The van der Waals surface area contributed by atoms with E-state index in [1.54, 1.807) is 4.90 Å². The minimum absolute atomic E-state index is 0.0737. The van der Waals surface area contributed by atoms with Crippen LogP contribution in [0.5, 0.6) is 0 Å². The highest BCUT2D eigenvalue weighted by molar-refractivity contribution is 6.02. The summed E-state index contributed by atoms with van der Waals surface area (Å²) in [7, 11) is 1.85. The van der Waals surface area contributed by atoms with E-state index in [9.17, 15) is 9.59 Å². The van der Waals surface area contributed by atoms with Crippen LogP contribution in [0.2, 0.25) is 0 Å². The number of piperazine rings is 1. The Morgan fingerprint density at radius 1 is 1.25 bits per heavy atom. The predicted molar refractivity (Wildman–Crippen MR) is 73.8 cm³/mol. The van der Waals surface area contributed by atoms with Crippen LogP contribution in [-0.4, -0.2) is 67.0 Å². The van der Waals surface area contributed by atoms with E-state index in [-0.39, 0.29) is 5.91 Å². The number of fused-ring (bicyclic) bond motifs is 1. The lowest BCUT2D eigenvalue weighted by Gasteiger charge is -2.36. The fraction of sp³-hybridized carbons (Fsp3) is 0.500. The second-order valence-corrected chi connectivity index (χ2v) is 4.93. The van der Waals surface area contributed by atoms with Gasteiger partial charge in [-0.3, -0.25) is 9.59 Å². The van der Waals surface area contributed by atoms with Crippen LogP contribution in [0.1, 0.15) is 0 Å². The lowest BCUT2D eigenvalue weighted by Crippen LogP contribution is -2.47. The Morgan fingerprint density at radius 3 is 2.70 bits per heavy atom. The van der Waals surface area contributed by atoms with Gasteiger partial charge in [0.25, 0.3) is 0 Å². The van der Waals surface area contributed by atoms with Gasteiger partial charge in [0.2, 0.25) is 12.3 Å². The van der Waals surface area contributed by atoms with Crippen LogP contribution in [0.3, 0.4) is 0 Å². The van der Waals surface area contributed by atoms with Crippen molar-refractivity contribution in [2.75, 3.05) is 54.9 Å². The molecule has 3 heterocycles. The van der Waals surface area contributed by atoms with Crippen molar-refractivity contribution in [2.45, 2.75) is 0 Å². The Bertz CT molecular complexity index is 541. The van der Waals surface area contributed by atoms with Crippen molar-refractivity contribution in [3.05, 3.63) is 6.33 Å². The first-order valence-corrected chi connectivity index (χ1v) is 6.49. The van der Waals surface area contributed by atoms with Gasteiger partial charge in [0.15, 0.2) is 11.6 Å². The number of likely N-dealkylation sites (N-methyl/N-ethyl adjacent to an activating group) is 1. The Kier molecular flexibility index (Phi) is 3.13. The molecule has 106 valence electrons. The summed E-state index contributed by atoms with van der Waals surface area (Å²) in [5.74, 6) is 1.28. The van der Waals surface area contributed by atoms with Crippen LogP contribution in [0.15, 0.2) is 6.33 Å². The highest BCUT2D eigenvalue weighted by Gasteiger charge is 2.28. The van der Waals surface area contributed by atoms with Crippen LogP contribution in [0.25, 0.3) is 0 Å². The molecule has 2 amide bonds. The average Bonchev–Trinajstić information content (AvgIpc) is 2.46. The smallest absolute Gasteiger partial charge is 0.245 e. The molecule has 0 atom stereocenters. The Balaban J connectivity index is 1.89. The molecule has 0 spiro atoms. The molecular weight excluding hydrogens is 260 g/mol. The van der Waals surface area contributed by atoms with Crippen molar-refractivity contribution in [3.63, 3.8) is 0 Å². The largest absolute Gasteiger partial charge is 0.359 e. The molecule has 1 aromatic rings. The zero-order chi connectivity index (χ0) is 14.1. The number of nitrogens with zero attached hydrogens (tertiary/aromatic N) is 5. The summed E-state index contributed by atoms with van der Waals surface area (Å²) in [4.78, 5) is 36.5. The highest BCUT2D eigenvalue weighted by Crippen LogP contribution is 2.34. The van der Waals surface area contributed by atoms with E-state index in [4.69, 9.17) is 0 Å². The molecule has 0 aliphatic carbocycles. The molecule has 8 heteroatoms. The number of aromatic nitrogens is 2. The maximum absolute atomic E-state index is 11.5. The molecule has 2 aliphatic rings. The van der Waals surface area contributed by atoms with E-state index in [0.29, 0.717) is 25.5 Å². The zero-order valence-electron chi connectivity index (χ0n) is 11.2. The van der Waals surface area contributed by atoms with Gasteiger partial charge in [-0.15, -0.1) is 0 Å². The highest BCUT2D eigenvalue weighted by atomic mass is 16.2. The van der Waals surface area contributed by atoms with Crippen molar-refractivity contribution in [2.24, 2.45) is 0 Å². The van der Waals surface area contributed by atoms with Gasteiger partial charge < -0.3 is 20.0 Å². The summed E-state index contributed by atoms with van der Waals surface area (Å²) in [6, 6.07) is 0. The zero-order valence-corrected chi connectivity index (χ0v) is 11.2. The first-order valence-electron chi connectivity index (χ1n) is 6.49. The van der Waals surface area contributed by atoms with Gasteiger partial charge >= 0.3 is 0 Å². The van der Waals surface area contributed by atoms with Gasteiger partial charge in [-0.05, 0) is 0 Å². The maximum Gasteiger partial charge on any atom is 0.245 e. The van der Waals surface area contributed by atoms with Gasteiger partial charge in [0.05, 0.1) is 6.54 Å². The lowest BCUT2D eigenvalue weighted by atomic mass is 10.2. The SMILES string of the molecule is CN1CC(=O)Nc2ncnc(N3CCN(C=O)CC3)c21. The van der Waals surface area contributed by atoms with Crippen molar-refractivity contribution in [1.82, 2.24) is 14.9 Å². The Labute approximate surface area is 116 Å². The van der Waals surface area contributed by atoms with E-state index >= 15 is 0 Å². The van der Waals surface area contributed by atoms with E-state index in [2.05, 4.69) is 20.2 Å². The fourth-order valence-corrected chi connectivity index (χ4v) is 2.55. The normalized spacial score (nSPS) is 18.6. The van der Waals surface area contributed by atoms with Crippen LogP contribution >= 0.6 is 0 Å². The van der Waals surface area contributed by atoms with Gasteiger partial charge in [-0.2, -0.15) is 0 Å². The van der Waals surface area contributed by atoms with Crippen molar-refractivity contribution in [3.8, 4) is 0 Å². The second-order valence-electron chi connectivity index (χ2n) is 4.93. The van der Waals surface area contributed by atoms with Gasteiger partial charge in [-0.25, -0.2) is 9.97 Å². The van der Waals surface area contributed by atoms with Crippen LogP contribution in [0, 0.1) is 0 Å². The predicted octanol–water partition coefficient (Wildman–Crippen LogP) is -0.857. The minimum Gasteiger partial charge on any atom is -0.359 e. The van der Waals surface area contributed by atoms with Gasteiger partial charge in [0, 0.05) is 33.2 Å². The number of carbonyl (C=O) groups excluding carboxylic acids is 2. The summed E-state index contributed by atoms with van der Waals surface area (Å²) in [6.07, 6.45) is 2.33. The third kappa shape index (κ3) is 2.13. The quantitative estimate of drug-likeness (QED) is 0.708. The molecule has 0 aromatic carbocycles. The molecular formula is C12H16N6O2. The van der Waals surface area contributed by atoms with Crippen molar-refractivity contribution in [1.29, 1.82) is 0 Å². The molecule has 3 rings (SSSR count). The van der Waals surface area contributed by atoms with E-state index in [1.807, 2.05) is 11.9 Å². The molecule has 8 nitrogen and oxygen atoms in total. The van der Waals surface area contributed by atoms with E-state index < -0.39 is 0 Å². The third-order valence-electron chi connectivity index (χ3n) is 3.59. The molecule has 1 saturated heterocycles. The van der Waals surface area contributed by atoms with Gasteiger partial charge in [-0.1, -0.05) is 0 Å². The number of nitrogens with one attached hydrogen (secondary N) is 1. The molecule has 2 aliphatic heterocycles. The number of anilines is 3. The third-order valence-corrected chi connectivity index (χ3v) is 3.59. The van der Waals surface area contributed by atoms with Gasteiger partial charge in [0.1, 0.15) is 12.0 Å². The number of rotatable bonds is 2. The maximum atomic E-state index is 11.5. The number of hydrogen-bond acceptors (Lipinski definition) is 6. The molecule has 1 fully saturated rings. The summed E-state index contributed by atoms with van der Waals surface area (Å²) in [5.41, 5.74) is 0.839. The molecule has 0 unspecified atom stereocenters. The lowest BCUT2D eigenvalue weighted by molar-refractivity contribution is -0.118. The van der Waals surface area contributed by atoms with Crippen LogP contribution in [0.4, 0.5) is 17.3 Å². The number of carbonyl (C=O) groups is 2. The van der Waals surface area contributed by atoms with E-state index in [0.717, 1.165) is 31.0 Å². The minimum atomic E-state index is -0.0737. The first kappa shape index (κ1) is 12.6. The topological polar surface area (TPSA) is 81.7 Å². The number of hydrogen-bond donors (Lipinski definition) is 1. The number of amides is 2. The van der Waals surface area contributed by atoms with Crippen LogP contribution < -0.4 is 15.1 Å². The average molecular weight is 276 g/mol. The fourth-order valence-electron chi connectivity index (χ4n) is 2.55.